The van der Waals surface area contributed by atoms with Crippen LogP contribution in [0.3, 0.4) is 0 Å². The molecule has 121 valence electrons. The Balaban J connectivity index is 4.76. The quantitative estimate of drug-likeness (QED) is 0.622. The molecule has 0 heterocycles. The van der Waals surface area contributed by atoms with Crippen LogP contribution in [0.15, 0.2) is 0 Å². The largest absolute Gasteiger partial charge is 0.437 e. The Morgan fingerprint density at radius 3 is 1.70 bits per heavy atom. The second-order valence-electron chi connectivity index (χ2n) is 7.02. The van der Waals surface area contributed by atoms with Gasteiger partial charge in [0.1, 0.15) is 6.61 Å². The lowest BCUT2D eigenvalue weighted by atomic mass is 10.3. The topological polar surface area (TPSA) is 47.9 Å². The van der Waals surface area contributed by atoms with E-state index < -0.39 is 32.0 Å². The van der Waals surface area contributed by atoms with Gasteiger partial charge in [0, 0.05) is 0 Å². The first-order valence-corrected chi connectivity index (χ1v) is 15.9. The van der Waals surface area contributed by atoms with Crippen molar-refractivity contribution in [1.82, 2.24) is 0 Å². The zero-order valence-electron chi connectivity index (χ0n) is 14.4. The molecule has 0 aliphatic heterocycles. The Morgan fingerprint density at radius 1 is 0.950 bits per heavy atom. The summed E-state index contributed by atoms with van der Waals surface area (Å²) in [6, 6.07) is 0. The molecular weight excluding hydrogens is 304 g/mol. The van der Waals surface area contributed by atoms with Crippen LogP contribution in [0, 0.1) is 6.61 Å². The van der Waals surface area contributed by atoms with Crippen molar-refractivity contribution >= 4 is 25.9 Å². The highest BCUT2D eigenvalue weighted by Crippen LogP contribution is 2.18. The van der Waals surface area contributed by atoms with Gasteiger partial charge in [-0.05, 0) is 52.1 Å². The fourth-order valence-electron chi connectivity index (χ4n) is 1.51. The summed E-state index contributed by atoms with van der Waals surface area (Å²) in [5.41, 5.74) is -0.0327. The highest BCUT2D eigenvalue weighted by Gasteiger charge is 2.35. The third-order valence-electron chi connectivity index (χ3n) is 2.47. The molecule has 0 aromatic carbocycles. The van der Waals surface area contributed by atoms with Gasteiger partial charge >= 0.3 is 9.28 Å². The first-order valence-electron chi connectivity index (χ1n) is 7.51. The maximum absolute atomic E-state index is 9.62. The van der Waals surface area contributed by atoms with Crippen LogP contribution >= 0.6 is 0 Å². The van der Waals surface area contributed by atoms with Crippen molar-refractivity contribution in [1.29, 1.82) is 0 Å². The van der Waals surface area contributed by atoms with E-state index in [0.717, 1.165) is 6.42 Å². The average Bonchev–Trinajstić information content (AvgIpc) is 2.24. The van der Waals surface area contributed by atoms with Crippen LogP contribution in [-0.2, 0) is 13.0 Å². The standard InChI is InChI=1S/C13H33O4Si3/c1-9-12(14)11-15-13(10-2)18(16-19(3,4)5)17-20(6,7)8/h11-14,18H,9-10H2,1-8H3. The molecule has 20 heavy (non-hydrogen) atoms. The summed E-state index contributed by atoms with van der Waals surface area (Å²) < 4.78 is 18.4. The lowest BCUT2D eigenvalue weighted by Crippen LogP contribution is -2.50. The van der Waals surface area contributed by atoms with Gasteiger partial charge in [-0.25, -0.2) is 0 Å². The Hall–Kier alpha value is 0.491. The molecule has 1 N–H and O–H groups in total. The van der Waals surface area contributed by atoms with Crippen LogP contribution in [0.2, 0.25) is 39.3 Å². The van der Waals surface area contributed by atoms with Crippen molar-refractivity contribution in [2.45, 2.75) is 77.8 Å². The van der Waals surface area contributed by atoms with Crippen molar-refractivity contribution in [3.8, 4) is 0 Å². The molecule has 0 saturated heterocycles. The molecule has 0 rings (SSSR count). The van der Waals surface area contributed by atoms with E-state index in [0.29, 0.717) is 6.42 Å². The van der Waals surface area contributed by atoms with Crippen LogP contribution in [0.5, 0.6) is 0 Å². The number of rotatable bonds is 10. The van der Waals surface area contributed by atoms with Gasteiger partial charge in [-0.3, -0.25) is 0 Å². The molecule has 0 amide bonds. The van der Waals surface area contributed by atoms with E-state index in [1.165, 1.54) is 6.61 Å². The molecule has 0 fully saturated rings. The Morgan fingerprint density at radius 2 is 1.40 bits per heavy atom. The van der Waals surface area contributed by atoms with E-state index in [-0.39, 0.29) is 5.73 Å². The van der Waals surface area contributed by atoms with Crippen LogP contribution in [-0.4, -0.2) is 42.9 Å². The van der Waals surface area contributed by atoms with Gasteiger partial charge in [-0.15, -0.1) is 0 Å². The molecule has 2 unspecified atom stereocenters. The van der Waals surface area contributed by atoms with E-state index in [1.807, 2.05) is 6.92 Å². The van der Waals surface area contributed by atoms with Crippen molar-refractivity contribution in [3.63, 3.8) is 0 Å². The third kappa shape index (κ3) is 10.3. The summed E-state index contributed by atoms with van der Waals surface area (Å²) in [5, 5.41) is 9.62. The third-order valence-corrected chi connectivity index (χ3v) is 11.2. The van der Waals surface area contributed by atoms with E-state index in [2.05, 4.69) is 46.2 Å². The predicted molar refractivity (Wildman–Crippen MR) is 91.8 cm³/mol. The Kier molecular flexibility index (Phi) is 9.03. The summed E-state index contributed by atoms with van der Waals surface area (Å²) in [6.45, 7) is 18.6. The second kappa shape index (κ2) is 8.82. The maximum atomic E-state index is 9.62. The van der Waals surface area contributed by atoms with Crippen LogP contribution in [0.1, 0.15) is 26.7 Å². The van der Waals surface area contributed by atoms with E-state index in [4.69, 9.17) is 13.0 Å². The number of hydrogen-bond donors (Lipinski definition) is 1. The first-order chi connectivity index (χ1) is 8.98. The molecule has 0 aliphatic rings. The fraction of sp³-hybridized carbons (Fsp3) is 0.923. The Labute approximate surface area is 128 Å². The van der Waals surface area contributed by atoms with Gasteiger partial charge in [-0.2, -0.15) is 0 Å². The molecule has 7 heteroatoms. The normalized spacial score (nSPS) is 16.5. The van der Waals surface area contributed by atoms with Crippen molar-refractivity contribution in [2.75, 3.05) is 0 Å². The van der Waals surface area contributed by atoms with Gasteiger partial charge in [0.25, 0.3) is 0 Å². The van der Waals surface area contributed by atoms with Crippen LogP contribution in [0.4, 0.5) is 0 Å². The monoisotopic (exact) mass is 337 g/mol. The highest BCUT2D eigenvalue weighted by atomic mass is 28.4. The summed E-state index contributed by atoms with van der Waals surface area (Å²) in [7, 11) is -5.23. The lowest BCUT2D eigenvalue weighted by Gasteiger charge is -2.34. The molecule has 0 aromatic heterocycles. The minimum Gasteiger partial charge on any atom is -0.437 e. The van der Waals surface area contributed by atoms with Crippen molar-refractivity contribution in [3.05, 3.63) is 6.61 Å². The summed E-state index contributed by atoms with van der Waals surface area (Å²) in [4.78, 5) is 0. The van der Waals surface area contributed by atoms with E-state index in [1.54, 1.807) is 0 Å². The summed E-state index contributed by atoms with van der Waals surface area (Å²) >= 11 is 0. The zero-order chi connectivity index (χ0) is 16.0. The number of hydrogen-bond acceptors (Lipinski definition) is 4. The van der Waals surface area contributed by atoms with Crippen molar-refractivity contribution in [2.24, 2.45) is 0 Å². The molecule has 2 atom stereocenters. The summed E-state index contributed by atoms with van der Waals surface area (Å²) in [5.74, 6) is 0. The maximum Gasteiger partial charge on any atom is 0.330 e. The van der Waals surface area contributed by atoms with Gasteiger partial charge < -0.3 is 18.1 Å². The van der Waals surface area contributed by atoms with E-state index >= 15 is 0 Å². The smallest absolute Gasteiger partial charge is 0.330 e. The SMILES string of the molecule is CCC(O)[CH]OC(CC)[SiH](O[Si](C)(C)C)O[Si](C)(C)C. The second-order valence-corrected chi connectivity index (χ2v) is 18.8. The van der Waals surface area contributed by atoms with Gasteiger partial charge in [0.05, 0.1) is 11.8 Å². The summed E-state index contributed by atoms with van der Waals surface area (Å²) in [6.07, 6.45) is 0.989. The first kappa shape index (κ1) is 20.5. The molecule has 0 aromatic rings. The molecule has 1 radical (unpaired) electrons. The van der Waals surface area contributed by atoms with Gasteiger partial charge in [0.15, 0.2) is 16.6 Å². The minimum atomic E-state index is -1.91. The fourth-order valence-corrected chi connectivity index (χ4v) is 9.53. The molecule has 0 saturated carbocycles. The molecule has 0 spiro atoms. The lowest BCUT2D eigenvalue weighted by molar-refractivity contribution is 0.0600. The predicted octanol–water partition coefficient (Wildman–Crippen LogP) is 3.18. The highest BCUT2D eigenvalue weighted by molar-refractivity contribution is 6.81. The molecular formula is C13H33O4Si3. The van der Waals surface area contributed by atoms with Gasteiger partial charge in [-0.1, -0.05) is 13.8 Å². The molecule has 0 bridgehead atoms. The average molecular weight is 338 g/mol. The zero-order valence-corrected chi connectivity index (χ0v) is 17.6. The number of aliphatic hydroxyl groups is 1. The van der Waals surface area contributed by atoms with E-state index in [9.17, 15) is 5.11 Å². The molecule has 0 aliphatic carbocycles. The Bertz CT molecular complexity index is 247. The molecule has 4 nitrogen and oxygen atoms in total. The van der Waals surface area contributed by atoms with Crippen molar-refractivity contribution < 1.29 is 18.1 Å². The number of aliphatic hydroxyl groups excluding tert-OH is 1. The van der Waals surface area contributed by atoms with Crippen LogP contribution < -0.4 is 0 Å². The minimum absolute atomic E-state index is 0.0327. The van der Waals surface area contributed by atoms with Crippen LogP contribution in [0.25, 0.3) is 0 Å². The number of ether oxygens (including phenoxy) is 1. The van der Waals surface area contributed by atoms with Gasteiger partial charge in [0.2, 0.25) is 0 Å².